The van der Waals surface area contributed by atoms with Gasteiger partial charge >= 0.3 is 0 Å². The average molecular weight is 493 g/mol. The first-order valence-corrected chi connectivity index (χ1v) is 17.3. The smallest absolute Gasteiger partial charge is 0.0417 e. The van der Waals surface area contributed by atoms with E-state index in [0.29, 0.717) is 0 Å². The third-order valence-corrected chi connectivity index (χ3v) is 8.51. The molecule has 35 heavy (non-hydrogen) atoms. The highest BCUT2D eigenvalue weighted by atomic mass is 14.1. The van der Waals surface area contributed by atoms with Gasteiger partial charge < -0.3 is 0 Å². The molecule has 0 bridgehead atoms. The van der Waals surface area contributed by atoms with Gasteiger partial charge in [-0.05, 0) is 5.92 Å². The molecular weight excluding hydrogens is 420 g/mol. The van der Waals surface area contributed by atoms with E-state index in [0.717, 1.165) is 5.92 Å². The van der Waals surface area contributed by atoms with Crippen LogP contribution in [0.4, 0.5) is 0 Å². The summed E-state index contributed by atoms with van der Waals surface area (Å²) >= 11 is 0. The Labute approximate surface area is 225 Å². The summed E-state index contributed by atoms with van der Waals surface area (Å²) in [5.41, 5.74) is 0. The zero-order valence-electron chi connectivity index (χ0n) is 25.5. The first-order chi connectivity index (χ1) is 17.3. The van der Waals surface area contributed by atoms with Crippen LogP contribution >= 0.6 is 0 Å². The van der Waals surface area contributed by atoms with Crippen LogP contribution in [0, 0.1) is 5.92 Å². The minimum atomic E-state index is 1.02. The molecule has 0 amide bonds. The van der Waals surface area contributed by atoms with Gasteiger partial charge in [-0.1, -0.05) is 220 Å². The first kappa shape index (κ1) is 35.0. The summed E-state index contributed by atoms with van der Waals surface area (Å²) in [5.74, 6) is 1.02. The maximum Gasteiger partial charge on any atom is -0.0417 e. The molecule has 0 aromatic rings. The van der Waals surface area contributed by atoms with Gasteiger partial charge in [-0.25, -0.2) is 0 Å². The zero-order chi connectivity index (χ0) is 25.5. The van der Waals surface area contributed by atoms with Crippen molar-refractivity contribution >= 4 is 0 Å². The lowest BCUT2D eigenvalue weighted by Crippen LogP contribution is -1.99. The van der Waals surface area contributed by atoms with Crippen molar-refractivity contribution in [3.05, 3.63) is 0 Å². The number of unbranched alkanes of at least 4 members (excludes halogenated alkanes) is 26. The molecule has 0 radical (unpaired) electrons. The molecule has 0 saturated heterocycles. The van der Waals surface area contributed by atoms with Gasteiger partial charge in [-0.15, -0.1) is 0 Å². The van der Waals surface area contributed by atoms with Crippen LogP contribution in [-0.2, 0) is 0 Å². The van der Waals surface area contributed by atoms with Crippen molar-refractivity contribution in [3.63, 3.8) is 0 Å². The molecule has 0 aliphatic heterocycles. The van der Waals surface area contributed by atoms with Crippen molar-refractivity contribution in [1.82, 2.24) is 0 Å². The molecule has 0 spiro atoms. The van der Waals surface area contributed by atoms with Crippen LogP contribution in [0.2, 0.25) is 0 Å². The van der Waals surface area contributed by atoms with Crippen molar-refractivity contribution in [2.45, 2.75) is 220 Å². The highest BCUT2D eigenvalue weighted by Crippen LogP contribution is 2.22. The molecular formula is C35H72. The lowest BCUT2D eigenvalue weighted by atomic mass is 9.92. The molecule has 212 valence electrons. The van der Waals surface area contributed by atoms with Gasteiger partial charge in [0.2, 0.25) is 0 Å². The second-order valence-corrected chi connectivity index (χ2v) is 12.0. The minimum absolute atomic E-state index is 1.02. The Morgan fingerprint density at radius 3 is 0.657 bits per heavy atom. The normalized spacial score (nSPS) is 12.4. The van der Waals surface area contributed by atoms with E-state index in [-0.39, 0.29) is 0 Å². The Balaban J connectivity index is 3.24. The molecule has 0 saturated carbocycles. The van der Waals surface area contributed by atoms with Crippen LogP contribution < -0.4 is 0 Å². The molecule has 1 atom stereocenters. The molecule has 0 aliphatic carbocycles. The van der Waals surface area contributed by atoms with Crippen LogP contribution in [-0.4, -0.2) is 0 Å². The van der Waals surface area contributed by atoms with Crippen LogP contribution in [0.25, 0.3) is 0 Å². The van der Waals surface area contributed by atoms with Gasteiger partial charge in [0.1, 0.15) is 0 Å². The molecule has 1 unspecified atom stereocenters. The lowest BCUT2D eigenvalue weighted by Gasteiger charge is -2.14. The van der Waals surface area contributed by atoms with Crippen molar-refractivity contribution in [2.75, 3.05) is 0 Å². The Kier molecular flexibility index (Phi) is 32.0. The Hall–Kier alpha value is 0. The van der Waals surface area contributed by atoms with Crippen LogP contribution in [0.1, 0.15) is 220 Å². The van der Waals surface area contributed by atoms with Crippen molar-refractivity contribution in [3.8, 4) is 0 Å². The quantitative estimate of drug-likeness (QED) is 0.0844. The molecule has 0 heterocycles. The maximum atomic E-state index is 2.43. The van der Waals surface area contributed by atoms with Gasteiger partial charge in [0.25, 0.3) is 0 Å². The van der Waals surface area contributed by atoms with E-state index in [2.05, 4.69) is 20.8 Å². The molecule has 0 aromatic carbocycles. The largest absolute Gasteiger partial charge is 0.0654 e. The van der Waals surface area contributed by atoms with Gasteiger partial charge in [0, 0.05) is 0 Å². The molecule has 0 heteroatoms. The highest BCUT2D eigenvalue weighted by Gasteiger charge is 2.06. The van der Waals surface area contributed by atoms with E-state index in [4.69, 9.17) is 0 Å². The summed E-state index contributed by atoms with van der Waals surface area (Å²) < 4.78 is 0. The SMILES string of the molecule is CCCCCCCCCCCCCCCCCCCC(CC)CCCCCCCCCCCCC. The van der Waals surface area contributed by atoms with E-state index < -0.39 is 0 Å². The van der Waals surface area contributed by atoms with E-state index in [1.807, 2.05) is 0 Å². The summed E-state index contributed by atoms with van der Waals surface area (Å²) in [4.78, 5) is 0. The second-order valence-electron chi connectivity index (χ2n) is 12.0. The van der Waals surface area contributed by atoms with Crippen molar-refractivity contribution in [1.29, 1.82) is 0 Å². The second kappa shape index (κ2) is 32.0. The third kappa shape index (κ3) is 30.1. The molecule has 0 nitrogen and oxygen atoms in total. The Morgan fingerprint density at radius 1 is 0.257 bits per heavy atom. The molecule has 0 rings (SSSR count). The van der Waals surface area contributed by atoms with E-state index >= 15 is 0 Å². The predicted octanol–water partition coefficient (Wildman–Crippen LogP) is 13.8. The highest BCUT2D eigenvalue weighted by molar-refractivity contribution is 4.59. The fraction of sp³-hybridized carbons (Fsp3) is 1.00. The van der Waals surface area contributed by atoms with Crippen LogP contribution in [0.5, 0.6) is 0 Å². The van der Waals surface area contributed by atoms with Crippen LogP contribution in [0.15, 0.2) is 0 Å². The molecule has 0 fully saturated rings. The van der Waals surface area contributed by atoms with Crippen molar-refractivity contribution in [2.24, 2.45) is 5.92 Å². The van der Waals surface area contributed by atoms with Crippen LogP contribution in [0.3, 0.4) is 0 Å². The Bertz CT molecular complexity index is 346. The van der Waals surface area contributed by atoms with Gasteiger partial charge in [0.15, 0.2) is 0 Å². The van der Waals surface area contributed by atoms with E-state index in [1.165, 1.54) is 199 Å². The summed E-state index contributed by atoms with van der Waals surface area (Å²) in [6.45, 7) is 7.05. The van der Waals surface area contributed by atoms with E-state index in [1.54, 1.807) is 0 Å². The average Bonchev–Trinajstić information content (AvgIpc) is 2.87. The third-order valence-electron chi connectivity index (χ3n) is 8.51. The summed E-state index contributed by atoms with van der Waals surface area (Å²) in [7, 11) is 0. The summed E-state index contributed by atoms with van der Waals surface area (Å²) in [6, 6.07) is 0. The number of rotatable bonds is 31. The van der Waals surface area contributed by atoms with Crippen molar-refractivity contribution < 1.29 is 0 Å². The maximum absolute atomic E-state index is 2.43. The van der Waals surface area contributed by atoms with Gasteiger partial charge in [-0.2, -0.15) is 0 Å². The first-order valence-electron chi connectivity index (χ1n) is 17.3. The topological polar surface area (TPSA) is 0 Å². The minimum Gasteiger partial charge on any atom is -0.0654 e. The Morgan fingerprint density at radius 2 is 0.457 bits per heavy atom. The zero-order valence-corrected chi connectivity index (χ0v) is 25.5. The molecule has 0 aromatic heterocycles. The molecule has 0 aliphatic rings. The monoisotopic (exact) mass is 493 g/mol. The van der Waals surface area contributed by atoms with Gasteiger partial charge in [0.05, 0.1) is 0 Å². The predicted molar refractivity (Wildman–Crippen MR) is 164 cm³/mol. The van der Waals surface area contributed by atoms with E-state index in [9.17, 15) is 0 Å². The van der Waals surface area contributed by atoms with Gasteiger partial charge in [-0.3, -0.25) is 0 Å². The number of hydrogen-bond donors (Lipinski definition) is 0. The molecule has 0 N–H and O–H groups in total. The fourth-order valence-corrected chi connectivity index (χ4v) is 5.81. The summed E-state index contributed by atoms with van der Waals surface area (Å²) in [5, 5.41) is 0. The fourth-order valence-electron chi connectivity index (χ4n) is 5.81. The summed E-state index contributed by atoms with van der Waals surface area (Å²) in [6.07, 6.45) is 45.8. The standard InChI is InChI=1S/C35H72/c1-4-7-9-11-13-15-17-18-19-20-21-22-24-26-28-30-32-34-35(6-3)33-31-29-27-25-23-16-14-12-10-8-5-2/h35H,4-34H2,1-3H3. The lowest BCUT2D eigenvalue weighted by molar-refractivity contribution is 0.392. The number of hydrogen-bond acceptors (Lipinski definition) is 0.